The van der Waals surface area contributed by atoms with Gasteiger partial charge in [0.05, 0.1) is 16.6 Å². The van der Waals surface area contributed by atoms with E-state index < -0.39 is 17.8 Å². The van der Waals surface area contributed by atoms with Crippen molar-refractivity contribution in [2.75, 3.05) is 24.5 Å². The molecule has 2 heterocycles. The Morgan fingerprint density at radius 2 is 1.96 bits per heavy atom. The average molecular weight is 385 g/mol. The van der Waals surface area contributed by atoms with Gasteiger partial charge in [0.2, 0.25) is 11.8 Å². The maximum atomic E-state index is 12.7. The van der Waals surface area contributed by atoms with E-state index in [4.69, 9.17) is 23.2 Å². The van der Waals surface area contributed by atoms with Crippen LogP contribution in [-0.4, -0.2) is 47.4 Å². The fourth-order valence-electron chi connectivity index (χ4n) is 3.53. The first-order valence-corrected chi connectivity index (χ1v) is 8.83. The molecule has 0 bridgehead atoms. The number of benzene rings is 1. The molecule has 2 aliphatic rings. The smallest absolute Gasteiger partial charge is 0.308 e. The van der Waals surface area contributed by atoms with Crippen molar-refractivity contribution in [3.8, 4) is 0 Å². The largest absolute Gasteiger partial charge is 0.481 e. The van der Waals surface area contributed by atoms with Crippen LogP contribution in [0.5, 0.6) is 0 Å². The van der Waals surface area contributed by atoms with E-state index in [1.54, 1.807) is 25.1 Å². The molecule has 0 spiro atoms. The second-order valence-electron chi connectivity index (χ2n) is 6.59. The first-order valence-electron chi connectivity index (χ1n) is 8.07. The van der Waals surface area contributed by atoms with Gasteiger partial charge in [-0.2, -0.15) is 0 Å². The Bertz CT molecular complexity index is 739. The molecule has 1 aromatic carbocycles. The van der Waals surface area contributed by atoms with Crippen LogP contribution >= 0.6 is 23.2 Å². The molecule has 6 nitrogen and oxygen atoms in total. The van der Waals surface area contributed by atoms with E-state index in [2.05, 4.69) is 0 Å². The molecular weight excluding hydrogens is 367 g/mol. The number of carbonyl (C=O) groups is 3. The molecule has 3 rings (SSSR count). The summed E-state index contributed by atoms with van der Waals surface area (Å²) in [6.07, 6.45) is 0.378. The Morgan fingerprint density at radius 1 is 1.24 bits per heavy atom. The van der Waals surface area contributed by atoms with Gasteiger partial charge in [-0.25, -0.2) is 0 Å². The molecule has 1 N–H and O–H groups in total. The van der Waals surface area contributed by atoms with Gasteiger partial charge < -0.3 is 14.9 Å². The Balaban J connectivity index is 1.75. The van der Waals surface area contributed by atoms with Gasteiger partial charge in [0.1, 0.15) is 5.92 Å². The Hall–Kier alpha value is -1.79. The van der Waals surface area contributed by atoms with Crippen molar-refractivity contribution in [1.82, 2.24) is 4.90 Å². The van der Waals surface area contributed by atoms with Crippen LogP contribution in [0.1, 0.15) is 13.3 Å². The number of aliphatic carboxylic acids is 1. The summed E-state index contributed by atoms with van der Waals surface area (Å²) in [5.74, 6) is -3.04. The van der Waals surface area contributed by atoms with Gasteiger partial charge in [-0.15, -0.1) is 0 Å². The van der Waals surface area contributed by atoms with Crippen LogP contribution in [0.3, 0.4) is 0 Å². The third kappa shape index (κ3) is 3.33. The summed E-state index contributed by atoms with van der Waals surface area (Å²) >= 11 is 12.1. The van der Waals surface area contributed by atoms with E-state index in [9.17, 15) is 19.5 Å². The van der Waals surface area contributed by atoms with E-state index >= 15 is 0 Å². The number of likely N-dealkylation sites (tertiary alicyclic amines) is 1. The number of halogens is 2. The second kappa shape index (κ2) is 6.84. The summed E-state index contributed by atoms with van der Waals surface area (Å²) in [5.41, 5.74) is 0.493. The number of carbonyl (C=O) groups excluding carboxylic acids is 2. The van der Waals surface area contributed by atoms with Crippen LogP contribution in [-0.2, 0) is 14.4 Å². The summed E-state index contributed by atoms with van der Waals surface area (Å²) in [6.45, 7) is 2.69. The minimum absolute atomic E-state index is 0.128. The number of hydrogen-bond donors (Lipinski definition) is 1. The molecule has 8 heteroatoms. The van der Waals surface area contributed by atoms with Crippen LogP contribution in [0.15, 0.2) is 18.2 Å². The van der Waals surface area contributed by atoms with E-state index in [-0.39, 0.29) is 24.3 Å². The molecule has 2 amide bonds. The summed E-state index contributed by atoms with van der Waals surface area (Å²) < 4.78 is 0. The van der Waals surface area contributed by atoms with Crippen molar-refractivity contribution in [1.29, 1.82) is 0 Å². The molecule has 1 aromatic rings. The first kappa shape index (κ1) is 18.0. The molecule has 1 unspecified atom stereocenters. The van der Waals surface area contributed by atoms with Gasteiger partial charge in [-0.3, -0.25) is 14.4 Å². The number of carboxylic acid groups (broad SMARTS) is 1. The number of nitrogens with zero attached hydrogens (tertiary/aromatic N) is 2. The molecule has 0 saturated carbocycles. The zero-order chi connectivity index (χ0) is 18.3. The highest BCUT2D eigenvalue weighted by Gasteiger charge is 2.44. The molecule has 25 heavy (non-hydrogen) atoms. The molecule has 2 saturated heterocycles. The summed E-state index contributed by atoms with van der Waals surface area (Å²) in [6, 6.07) is 4.85. The van der Waals surface area contributed by atoms with Gasteiger partial charge >= 0.3 is 5.97 Å². The van der Waals surface area contributed by atoms with Crippen LogP contribution in [0.4, 0.5) is 5.69 Å². The maximum absolute atomic E-state index is 12.7. The summed E-state index contributed by atoms with van der Waals surface area (Å²) in [4.78, 5) is 39.7. The topological polar surface area (TPSA) is 77.9 Å². The molecule has 0 aromatic heterocycles. The van der Waals surface area contributed by atoms with Gasteiger partial charge in [0, 0.05) is 24.7 Å². The molecule has 0 aliphatic carbocycles. The highest BCUT2D eigenvalue weighted by molar-refractivity contribution is 6.36. The molecule has 134 valence electrons. The Morgan fingerprint density at radius 3 is 2.60 bits per heavy atom. The van der Waals surface area contributed by atoms with Crippen molar-refractivity contribution < 1.29 is 19.5 Å². The molecular formula is C17H18Cl2N2O4. The number of hydrogen-bond acceptors (Lipinski definition) is 3. The number of carboxylic acids is 1. The highest BCUT2D eigenvalue weighted by Crippen LogP contribution is 2.35. The van der Waals surface area contributed by atoms with E-state index in [1.807, 2.05) is 0 Å². The number of amides is 2. The predicted octanol–water partition coefficient (Wildman–Crippen LogP) is 2.53. The highest BCUT2D eigenvalue weighted by atomic mass is 35.5. The number of anilines is 1. The lowest BCUT2D eigenvalue weighted by Gasteiger charge is -2.21. The van der Waals surface area contributed by atoms with E-state index in [1.165, 1.54) is 9.80 Å². The van der Waals surface area contributed by atoms with Gasteiger partial charge in [-0.1, -0.05) is 30.1 Å². The van der Waals surface area contributed by atoms with Crippen molar-refractivity contribution in [2.45, 2.75) is 13.3 Å². The predicted molar refractivity (Wildman–Crippen MR) is 93.8 cm³/mol. The minimum Gasteiger partial charge on any atom is -0.481 e. The van der Waals surface area contributed by atoms with Crippen molar-refractivity contribution in [3.63, 3.8) is 0 Å². The fraction of sp³-hybridized carbons (Fsp3) is 0.471. The lowest BCUT2D eigenvalue weighted by atomic mass is 9.99. The Kier molecular flexibility index (Phi) is 4.93. The normalized spacial score (nSPS) is 26.4. The molecule has 2 aliphatic heterocycles. The van der Waals surface area contributed by atoms with Gasteiger partial charge in [0.25, 0.3) is 0 Å². The molecule has 3 atom stereocenters. The van der Waals surface area contributed by atoms with Crippen LogP contribution in [0.25, 0.3) is 0 Å². The summed E-state index contributed by atoms with van der Waals surface area (Å²) in [5, 5.41) is 10.1. The Labute approximate surface area is 155 Å². The van der Waals surface area contributed by atoms with E-state index in [0.29, 0.717) is 35.2 Å². The maximum Gasteiger partial charge on any atom is 0.308 e. The third-order valence-corrected chi connectivity index (χ3v) is 5.50. The quantitative estimate of drug-likeness (QED) is 0.812. The SMILES string of the molecule is C[C@@H]1CN(C(=O)C2CCN(c3cc(Cl)ccc3Cl)C2=O)C[C@H]1C(=O)O. The molecule has 2 fully saturated rings. The first-order chi connectivity index (χ1) is 11.8. The second-order valence-corrected chi connectivity index (χ2v) is 7.44. The minimum atomic E-state index is -0.909. The average Bonchev–Trinajstić information content (AvgIpc) is 3.12. The van der Waals surface area contributed by atoms with Crippen molar-refractivity contribution in [3.05, 3.63) is 28.2 Å². The third-order valence-electron chi connectivity index (χ3n) is 4.94. The zero-order valence-electron chi connectivity index (χ0n) is 13.6. The van der Waals surface area contributed by atoms with Crippen LogP contribution in [0, 0.1) is 17.8 Å². The standard InChI is InChI=1S/C17H18Cl2N2O4/c1-9-7-20(8-12(9)17(24)25)15(22)11-4-5-21(16(11)23)14-6-10(18)2-3-13(14)19/h2-3,6,9,11-12H,4-5,7-8H2,1H3,(H,24,25)/t9-,11?,12-/m1/s1. The van der Waals surface area contributed by atoms with Gasteiger partial charge in [0.15, 0.2) is 0 Å². The fourth-order valence-corrected chi connectivity index (χ4v) is 3.92. The van der Waals surface area contributed by atoms with Crippen molar-refractivity contribution >= 4 is 46.7 Å². The van der Waals surface area contributed by atoms with E-state index in [0.717, 1.165) is 0 Å². The van der Waals surface area contributed by atoms with Gasteiger partial charge in [-0.05, 0) is 30.5 Å². The van der Waals surface area contributed by atoms with Crippen LogP contribution < -0.4 is 4.90 Å². The lowest BCUT2D eigenvalue weighted by molar-refractivity contribution is -0.142. The molecule has 0 radical (unpaired) electrons. The van der Waals surface area contributed by atoms with Crippen molar-refractivity contribution in [2.24, 2.45) is 17.8 Å². The lowest BCUT2D eigenvalue weighted by Crippen LogP contribution is -2.39. The zero-order valence-corrected chi connectivity index (χ0v) is 15.1. The van der Waals surface area contributed by atoms with Crippen LogP contribution in [0.2, 0.25) is 10.0 Å². The monoisotopic (exact) mass is 384 g/mol. The summed E-state index contributed by atoms with van der Waals surface area (Å²) in [7, 11) is 0. The number of rotatable bonds is 3.